The molecule has 0 unspecified atom stereocenters. The Morgan fingerprint density at radius 2 is 1.88 bits per heavy atom. The number of carbonyl (C=O) groups excluding carboxylic acids is 2. The van der Waals surface area contributed by atoms with Crippen LogP contribution in [0.15, 0.2) is 47.4 Å². The van der Waals surface area contributed by atoms with Crippen molar-refractivity contribution in [1.82, 2.24) is 10.2 Å². The third-order valence-corrected chi connectivity index (χ3v) is 7.16. The minimum atomic E-state index is -3.78. The fourth-order valence-electron chi connectivity index (χ4n) is 3.76. The van der Waals surface area contributed by atoms with Crippen LogP contribution < -0.4 is 10.0 Å². The molecule has 1 aliphatic heterocycles. The molecule has 172 valence electrons. The van der Waals surface area contributed by atoms with Crippen molar-refractivity contribution in [2.75, 3.05) is 24.4 Å². The first-order valence-corrected chi connectivity index (χ1v) is 12.5. The summed E-state index contributed by atoms with van der Waals surface area (Å²) in [5.74, 6) is -0.435. The van der Waals surface area contributed by atoms with Crippen LogP contribution in [0.4, 0.5) is 5.69 Å². The van der Waals surface area contributed by atoms with Crippen LogP contribution >= 0.6 is 0 Å². The maximum Gasteiger partial charge on any atom is 0.261 e. The van der Waals surface area contributed by atoms with Crippen molar-refractivity contribution in [3.63, 3.8) is 0 Å². The van der Waals surface area contributed by atoms with E-state index in [-0.39, 0.29) is 22.6 Å². The van der Waals surface area contributed by atoms with Crippen molar-refractivity contribution >= 4 is 27.5 Å². The minimum Gasteiger partial charge on any atom is -0.356 e. The summed E-state index contributed by atoms with van der Waals surface area (Å²) in [7, 11) is -3.78. The summed E-state index contributed by atoms with van der Waals surface area (Å²) in [5.41, 5.74) is 2.61. The van der Waals surface area contributed by atoms with Crippen molar-refractivity contribution in [2.24, 2.45) is 5.92 Å². The number of nitrogens with one attached hydrogen (secondary N) is 2. The number of nitrogens with zero attached hydrogens (tertiary/aromatic N) is 1. The van der Waals surface area contributed by atoms with E-state index in [0.717, 1.165) is 30.4 Å². The first-order chi connectivity index (χ1) is 15.2. The molecule has 0 aliphatic carbocycles. The highest BCUT2D eigenvalue weighted by atomic mass is 32.2. The molecule has 1 saturated heterocycles. The van der Waals surface area contributed by atoms with Gasteiger partial charge in [0.2, 0.25) is 5.91 Å². The Bertz CT molecular complexity index is 1100. The number of rotatable bonds is 7. The number of carbonyl (C=O) groups is 2. The molecule has 0 saturated carbocycles. The van der Waals surface area contributed by atoms with Gasteiger partial charge in [-0.15, -0.1) is 0 Å². The van der Waals surface area contributed by atoms with Gasteiger partial charge in [0.15, 0.2) is 0 Å². The molecule has 1 atom stereocenters. The van der Waals surface area contributed by atoms with E-state index < -0.39 is 10.0 Å². The molecule has 2 N–H and O–H groups in total. The van der Waals surface area contributed by atoms with Gasteiger partial charge >= 0.3 is 0 Å². The van der Waals surface area contributed by atoms with Crippen LogP contribution in [0.25, 0.3) is 0 Å². The van der Waals surface area contributed by atoms with Crippen LogP contribution in [0.3, 0.4) is 0 Å². The zero-order chi connectivity index (χ0) is 23.3. The number of likely N-dealkylation sites (tertiary alicyclic amines) is 1. The second kappa shape index (κ2) is 10.2. The van der Waals surface area contributed by atoms with Crippen molar-refractivity contribution in [2.45, 2.75) is 44.9 Å². The molecule has 8 heteroatoms. The summed E-state index contributed by atoms with van der Waals surface area (Å²) in [6.07, 6.45) is 2.39. The zero-order valence-corrected chi connectivity index (χ0v) is 19.7. The summed E-state index contributed by atoms with van der Waals surface area (Å²) in [6, 6.07) is 11.4. The van der Waals surface area contributed by atoms with Gasteiger partial charge in [-0.05, 0) is 74.6 Å². The Labute approximate surface area is 190 Å². The SMILES string of the molecule is CCCNC(=O)[C@H]1CCCN(C(=O)c2cccc(NS(=O)(=O)c3ccc(C)c(C)c3)c2)C1. The first-order valence-electron chi connectivity index (χ1n) is 11.0. The summed E-state index contributed by atoms with van der Waals surface area (Å²) in [5, 5.41) is 2.91. The molecular formula is C24H31N3O4S. The van der Waals surface area contributed by atoms with E-state index in [9.17, 15) is 18.0 Å². The minimum absolute atomic E-state index is 0.0146. The highest BCUT2D eigenvalue weighted by molar-refractivity contribution is 7.92. The molecule has 32 heavy (non-hydrogen) atoms. The van der Waals surface area contributed by atoms with Gasteiger partial charge < -0.3 is 10.2 Å². The Hall–Kier alpha value is -2.87. The number of hydrogen-bond donors (Lipinski definition) is 2. The molecule has 0 aromatic heterocycles. The normalized spacial score (nSPS) is 16.5. The lowest BCUT2D eigenvalue weighted by atomic mass is 9.96. The lowest BCUT2D eigenvalue weighted by Gasteiger charge is -2.32. The van der Waals surface area contributed by atoms with Gasteiger partial charge in [0.25, 0.3) is 15.9 Å². The third-order valence-electron chi connectivity index (χ3n) is 5.78. The number of benzene rings is 2. The zero-order valence-electron chi connectivity index (χ0n) is 18.8. The molecule has 1 fully saturated rings. The molecule has 2 amide bonds. The van der Waals surface area contributed by atoms with E-state index in [2.05, 4.69) is 10.0 Å². The number of amides is 2. The van der Waals surface area contributed by atoms with E-state index in [0.29, 0.717) is 30.9 Å². The van der Waals surface area contributed by atoms with Crippen LogP contribution in [0.5, 0.6) is 0 Å². The lowest BCUT2D eigenvalue weighted by Crippen LogP contribution is -2.45. The van der Waals surface area contributed by atoms with E-state index in [1.165, 1.54) is 0 Å². The standard InChI is InChI=1S/C24H31N3O4S/c1-4-12-25-23(28)20-8-6-13-27(16-20)24(29)19-7-5-9-21(15-19)26-32(30,31)22-11-10-17(2)18(3)14-22/h5,7,9-11,14-15,20,26H,4,6,8,12-13,16H2,1-3H3,(H,25,28)/t20-/m0/s1. The second-order valence-electron chi connectivity index (χ2n) is 8.31. The maximum atomic E-state index is 13.1. The molecule has 7 nitrogen and oxygen atoms in total. The van der Waals surface area contributed by atoms with E-state index in [1.54, 1.807) is 47.4 Å². The van der Waals surface area contributed by atoms with Crippen LogP contribution in [0.1, 0.15) is 47.7 Å². The van der Waals surface area contributed by atoms with Crippen LogP contribution in [-0.4, -0.2) is 44.8 Å². The average molecular weight is 458 g/mol. The Balaban J connectivity index is 1.73. The predicted molar refractivity (Wildman–Crippen MR) is 125 cm³/mol. The summed E-state index contributed by atoms with van der Waals surface area (Å²) < 4.78 is 28.2. The highest BCUT2D eigenvalue weighted by Gasteiger charge is 2.29. The fraction of sp³-hybridized carbons (Fsp3) is 0.417. The number of hydrogen-bond acceptors (Lipinski definition) is 4. The van der Waals surface area contributed by atoms with Crippen molar-refractivity contribution in [3.05, 3.63) is 59.2 Å². The molecule has 0 radical (unpaired) electrons. The van der Waals surface area contributed by atoms with E-state index in [4.69, 9.17) is 0 Å². The second-order valence-corrected chi connectivity index (χ2v) is 10.00. The Morgan fingerprint density at radius 1 is 1.09 bits per heavy atom. The fourth-order valence-corrected chi connectivity index (χ4v) is 4.90. The molecule has 2 aromatic carbocycles. The van der Waals surface area contributed by atoms with Gasteiger partial charge in [-0.25, -0.2) is 8.42 Å². The number of anilines is 1. The largest absolute Gasteiger partial charge is 0.356 e. The van der Waals surface area contributed by atoms with Crippen LogP contribution in [0.2, 0.25) is 0 Å². The quantitative estimate of drug-likeness (QED) is 0.665. The van der Waals surface area contributed by atoms with Gasteiger partial charge in [0, 0.05) is 30.9 Å². The summed E-state index contributed by atoms with van der Waals surface area (Å²) in [4.78, 5) is 27.2. The number of sulfonamides is 1. The van der Waals surface area contributed by atoms with Gasteiger partial charge in [0.1, 0.15) is 0 Å². The summed E-state index contributed by atoms with van der Waals surface area (Å²) in [6.45, 7) is 7.36. The monoisotopic (exact) mass is 457 g/mol. The Kier molecular flexibility index (Phi) is 7.56. The number of piperidine rings is 1. The lowest BCUT2D eigenvalue weighted by molar-refractivity contribution is -0.126. The smallest absolute Gasteiger partial charge is 0.261 e. The molecule has 1 heterocycles. The Morgan fingerprint density at radius 3 is 2.59 bits per heavy atom. The van der Waals surface area contributed by atoms with E-state index in [1.807, 2.05) is 20.8 Å². The van der Waals surface area contributed by atoms with Gasteiger partial charge in [-0.2, -0.15) is 0 Å². The molecule has 3 rings (SSSR count). The molecular weight excluding hydrogens is 426 g/mol. The predicted octanol–water partition coefficient (Wildman–Crippen LogP) is 3.48. The van der Waals surface area contributed by atoms with Gasteiger partial charge in [0.05, 0.1) is 10.8 Å². The molecule has 1 aliphatic rings. The topological polar surface area (TPSA) is 95.6 Å². The summed E-state index contributed by atoms with van der Waals surface area (Å²) >= 11 is 0. The maximum absolute atomic E-state index is 13.1. The van der Waals surface area contributed by atoms with Gasteiger partial charge in [-0.3, -0.25) is 14.3 Å². The van der Waals surface area contributed by atoms with Crippen molar-refractivity contribution < 1.29 is 18.0 Å². The van der Waals surface area contributed by atoms with E-state index >= 15 is 0 Å². The van der Waals surface area contributed by atoms with Crippen LogP contribution in [0, 0.1) is 19.8 Å². The highest BCUT2D eigenvalue weighted by Crippen LogP contribution is 2.22. The van der Waals surface area contributed by atoms with Gasteiger partial charge in [-0.1, -0.05) is 19.1 Å². The van der Waals surface area contributed by atoms with Crippen molar-refractivity contribution in [1.29, 1.82) is 0 Å². The van der Waals surface area contributed by atoms with Crippen molar-refractivity contribution in [3.8, 4) is 0 Å². The molecule has 2 aromatic rings. The molecule has 0 spiro atoms. The third kappa shape index (κ3) is 5.68. The van der Waals surface area contributed by atoms with Crippen LogP contribution in [-0.2, 0) is 14.8 Å². The number of aryl methyl sites for hydroxylation is 2. The average Bonchev–Trinajstić information content (AvgIpc) is 2.78. The molecule has 0 bridgehead atoms. The first kappa shape index (κ1) is 23.8.